The zero-order valence-electron chi connectivity index (χ0n) is 13.8. The number of Topliss-reactive ketones (excluding diaryl/α,β-unsaturated/α-hetero) is 1. The molecule has 4 nitrogen and oxygen atoms in total. The van der Waals surface area contributed by atoms with Crippen molar-refractivity contribution in [3.05, 3.63) is 65.0 Å². The number of amides is 1. The Morgan fingerprint density at radius 1 is 1.08 bits per heavy atom. The van der Waals surface area contributed by atoms with E-state index >= 15 is 0 Å². The van der Waals surface area contributed by atoms with Gasteiger partial charge < -0.3 is 10.1 Å². The average molecular weight is 329 g/mol. The summed E-state index contributed by atoms with van der Waals surface area (Å²) in [5.41, 5.74) is 2.25. The van der Waals surface area contributed by atoms with E-state index in [1.807, 2.05) is 13.0 Å². The lowest BCUT2D eigenvalue weighted by atomic mass is 10.0. The second kappa shape index (κ2) is 8.24. The number of benzene rings is 2. The van der Waals surface area contributed by atoms with Crippen LogP contribution in [0.25, 0.3) is 0 Å². The van der Waals surface area contributed by atoms with E-state index in [9.17, 15) is 14.0 Å². The maximum absolute atomic E-state index is 12.8. The minimum Gasteiger partial charge on any atom is -0.496 e. The van der Waals surface area contributed by atoms with Crippen LogP contribution >= 0.6 is 0 Å². The van der Waals surface area contributed by atoms with Crippen molar-refractivity contribution in [3.63, 3.8) is 0 Å². The maximum atomic E-state index is 12.8. The minimum atomic E-state index is -0.317. The Kier molecular flexibility index (Phi) is 6.07. The van der Waals surface area contributed by atoms with Crippen LogP contribution in [0.3, 0.4) is 0 Å². The molecule has 24 heavy (non-hydrogen) atoms. The molecule has 0 fully saturated rings. The fraction of sp³-hybridized carbons (Fsp3) is 0.263. The number of halogens is 1. The SMILES string of the molecule is COc1ccc(C)cc1C(=O)CCC(=O)NCc1ccc(F)cc1. The maximum Gasteiger partial charge on any atom is 0.220 e. The van der Waals surface area contributed by atoms with Crippen LogP contribution in [0.2, 0.25) is 0 Å². The van der Waals surface area contributed by atoms with Gasteiger partial charge in [-0.25, -0.2) is 4.39 Å². The molecule has 0 aliphatic carbocycles. The number of methoxy groups -OCH3 is 1. The molecule has 0 saturated heterocycles. The van der Waals surface area contributed by atoms with Crippen LogP contribution in [0, 0.1) is 12.7 Å². The molecule has 0 aliphatic heterocycles. The molecule has 0 unspecified atom stereocenters. The first-order valence-electron chi connectivity index (χ1n) is 7.68. The molecule has 0 saturated carbocycles. The molecular formula is C19H20FNO3. The Hall–Kier alpha value is -2.69. The van der Waals surface area contributed by atoms with Gasteiger partial charge in [-0.15, -0.1) is 0 Å². The lowest BCUT2D eigenvalue weighted by Gasteiger charge is -2.09. The highest BCUT2D eigenvalue weighted by atomic mass is 19.1. The first-order chi connectivity index (χ1) is 11.5. The van der Waals surface area contributed by atoms with Gasteiger partial charge in [0.05, 0.1) is 12.7 Å². The van der Waals surface area contributed by atoms with Gasteiger partial charge in [-0.3, -0.25) is 9.59 Å². The van der Waals surface area contributed by atoms with Gasteiger partial charge in [0.25, 0.3) is 0 Å². The molecule has 2 aromatic carbocycles. The molecule has 0 aromatic heterocycles. The number of hydrogen-bond acceptors (Lipinski definition) is 3. The van der Waals surface area contributed by atoms with Crippen molar-refractivity contribution >= 4 is 11.7 Å². The number of aryl methyl sites for hydroxylation is 1. The third kappa shape index (κ3) is 4.91. The largest absolute Gasteiger partial charge is 0.496 e. The van der Waals surface area contributed by atoms with Gasteiger partial charge in [0, 0.05) is 19.4 Å². The summed E-state index contributed by atoms with van der Waals surface area (Å²) in [5, 5.41) is 2.72. The number of hydrogen-bond donors (Lipinski definition) is 1. The average Bonchev–Trinajstić information content (AvgIpc) is 2.59. The van der Waals surface area contributed by atoms with Crippen molar-refractivity contribution in [3.8, 4) is 5.75 Å². The highest BCUT2D eigenvalue weighted by Crippen LogP contribution is 2.21. The standard InChI is InChI=1S/C19H20FNO3/c1-13-3-9-18(24-2)16(11-13)17(22)8-10-19(23)21-12-14-4-6-15(20)7-5-14/h3-7,9,11H,8,10,12H2,1-2H3,(H,21,23). The van der Waals surface area contributed by atoms with Crippen molar-refractivity contribution in [1.29, 1.82) is 0 Å². The second-order valence-corrected chi connectivity index (χ2v) is 5.53. The van der Waals surface area contributed by atoms with Crippen LogP contribution in [-0.2, 0) is 11.3 Å². The third-order valence-electron chi connectivity index (χ3n) is 3.64. The molecule has 2 rings (SSSR count). The number of ether oxygens (including phenoxy) is 1. The topological polar surface area (TPSA) is 55.4 Å². The van der Waals surface area contributed by atoms with Crippen LogP contribution in [-0.4, -0.2) is 18.8 Å². The fourth-order valence-electron chi connectivity index (χ4n) is 2.29. The molecule has 1 N–H and O–H groups in total. The number of nitrogens with one attached hydrogen (secondary N) is 1. The van der Waals surface area contributed by atoms with Gasteiger partial charge in [-0.2, -0.15) is 0 Å². The molecule has 2 aromatic rings. The van der Waals surface area contributed by atoms with Gasteiger partial charge in [0.15, 0.2) is 5.78 Å². The first-order valence-corrected chi connectivity index (χ1v) is 7.68. The van der Waals surface area contributed by atoms with Gasteiger partial charge in [0.1, 0.15) is 11.6 Å². The lowest BCUT2D eigenvalue weighted by molar-refractivity contribution is -0.121. The Balaban J connectivity index is 1.86. The summed E-state index contributed by atoms with van der Waals surface area (Å²) >= 11 is 0. The normalized spacial score (nSPS) is 10.3. The third-order valence-corrected chi connectivity index (χ3v) is 3.64. The molecule has 0 atom stereocenters. The van der Waals surface area contributed by atoms with Gasteiger partial charge in [-0.05, 0) is 36.8 Å². The van der Waals surface area contributed by atoms with Gasteiger partial charge in [-0.1, -0.05) is 23.8 Å². The van der Waals surface area contributed by atoms with E-state index in [0.29, 0.717) is 17.9 Å². The van der Waals surface area contributed by atoms with Gasteiger partial charge >= 0.3 is 0 Å². The smallest absolute Gasteiger partial charge is 0.220 e. The summed E-state index contributed by atoms with van der Waals surface area (Å²) < 4.78 is 18.0. The van der Waals surface area contributed by atoms with E-state index in [-0.39, 0.29) is 30.3 Å². The number of rotatable bonds is 7. The molecule has 1 amide bonds. The number of carbonyl (C=O) groups is 2. The molecule has 0 aliphatic rings. The van der Waals surface area contributed by atoms with E-state index in [1.165, 1.54) is 19.2 Å². The summed E-state index contributed by atoms with van der Waals surface area (Å²) in [5.74, 6) is -0.160. The Labute approximate surface area is 140 Å². The van der Waals surface area contributed by atoms with Crippen LogP contribution in [0.4, 0.5) is 4.39 Å². The highest BCUT2D eigenvalue weighted by Gasteiger charge is 2.14. The van der Waals surface area contributed by atoms with Crippen molar-refractivity contribution < 1.29 is 18.7 Å². The van der Waals surface area contributed by atoms with Crippen molar-refractivity contribution in [2.75, 3.05) is 7.11 Å². The molecule has 0 radical (unpaired) electrons. The van der Waals surface area contributed by atoms with Gasteiger partial charge in [0.2, 0.25) is 5.91 Å². The van der Waals surface area contributed by atoms with E-state index in [4.69, 9.17) is 4.74 Å². The van der Waals surface area contributed by atoms with Crippen LogP contribution in [0.15, 0.2) is 42.5 Å². The van der Waals surface area contributed by atoms with Crippen LogP contribution < -0.4 is 10.1 Å². The van der Waals surface area contributed by atoms with E-state index in [2.05, 4.69) is 5.32 Å². The Bertz CT molecular complexity index is 726. The van der Waals surface area contributed by atoms with E-state index in [1.54, 1.807) is 24.3 Å². The summed E-state index contributed by atoms with van der Waals surface area (Å²) in [4.78, 5) is 24.2. The molecule has 0 spiro atoms. The molecule has 5 heteroatoms. The molecule has 0 bridgehead atoms. The van der Waals surface area contributed by atoms with E-state index in [0.717, 1.165) is 11.1 Å². The first kappa shape index (κ1) is 17.7. The summed E-state index contributed by atoms with van der Waals surface area (Å²) in [7, 11) is 1.51. The molecule has 126 valence electrons. The quantitative estimate of drug-likeness (QED) is 0.792. The molecular weight excluding hydrogens is 309 g/mol. The summed E-state index contributed by atoms with van der Waals surface area (Å²) in [6.45, 7) is 2.20. The molecule has 0 heterocycles. The van der Waals surface area contributed by atoms with Crippen molar-refractivity contribution in [2.24, 2.45) is 0 Å². The van der Waals surface area contributed by atoms with Crippen LogP contribution in [0.1, 0.15) is 34.3 Å². The Morgan fingerprint density at radius 3 is 2.46 bits per heavy atom. The Morgan fingerprint density at radius 2 is 1.79 bits per heavy atom. The van der Waals surface area contributed by atoms with Crippen molar-refractivity contribution in [2.45, 2.75) is 26.3 Å². The minimum absolute atomic E-state index is 0.0944. The highest BCUT2D eigenvalue weighted by molar-refractivity contribution is 6.00. The zero-order chi connectivity index (χ0) is 17.5. The fourth-order valence-corrected chi connectivity index (χ4v) is 2.29. The summed E-state index contributed by atoms with van der Waals surface area (Å²) in [6, 6.07) is 11.3. The predicted octanol–water partition coefficient (Wildman–Crippen LogP) is 3.42. The number of carbonyl (C=O) groups excluding carboxylic acids is 2. The second-order valence-electron chi connectivity index (χ2n) is 5.53. The number of ketones is 1. The van der Waals surface area contributed by atoms with E-state index < -0.39 is 0 Å². The van der Waals surface area contributed by atoms with Crippen LogP contribution in [0.5, 0.6) is 5.75 Å². The predicted molar refractivity (Wildman–Crippen MR) is 89.5 cm³/mol. The summed E-state index contributed by atoms with van der Waals surface area (Å²) in [6.07, 6.45) is 0.201. The van der Waals surface area contributed by atoms with Crippen molar-refractivity contribution in [1.82, 2.24) is 5.32 Å². The lowest BCUT2D eigenvalue weighted by Crippen LogP contribution is -2.23. The zero-order valence-corrected chi connectivity index (χ0v) is 13.8. The monoisotopic (exact) mass is 329 g/mol.